The Bertz CT molecular complexity index is 757. The highest BCUT2D eigenvalue weighted by Crippen LogP contribution is 2.18. The van der Waals surface area contributed by atoms with Gasteiger partial charge in [0.2, 0.25) is 11.8 Å². The molecular formula is C21H28N4O2. The Morgan fingerprint density at radius 1 is 1.22 bits per heavy atom. The molecule has 6 heteroatoms. The van der Waals surface area contributed by atoms with Crippen LogP contribution in [0.25, 0.3) is 0 Å². The molecule has 2 heterocycles. The van der Waals surface area contributed by atoms with Crippen LogP contribution in [0.2, 0.25) is 0 Å². The minimum absolute atomic E-state index is 0.0680. The van der Waals surface area contributed by atoms with Gasteiger partial charge in [-0.15, -0.1) is 0 Å². The summed E-state index contributed by atoms with van der Waals surface area (Å²) in [7, 11) is 1.90. The number of rotatable bonds is 7. The Morgan fingerprint density at radius 2 is 2.04 bits per heavy atom. The topological polar surface area (TPSA) is 67.2 Å². The van der Waals surface area contributed by atoms with Gasteiger partial charge in [-0.25, -0.2) is 0 Å². The van der Waals surface area contributed by atoms with Crippen molar-refractivity contribution in [1.82, 2.24) is 20.0 Å². The Kier molecular flexibility index (Phi) is 6.63. The van der Waals surface area contributed by atoms with Gasteiger partial charge in [0, 0.05) is 32.9 Å². The van der Waals surface area contributed by atoms with Crippen molar-refractivity contribution in [3.8, 4) is 0 Å². The Morgan fingerprint density at radius 3 is 2.78 bits per heavy atom. The number of benzene rings is 1. The van der Waals surface area contributed by atoms with Gasteiger partial charge in [-0.05, 0) is 36.8 Å². The van der Waals surface area contributed by atoms with Gasteiger partial charge in [-0.1, -0.05) is 30.3 Å². The third-order valence-electron chi connectivity index (χ3n) is 5.04. The third-order valence-corrected chi connectivity index (χ3v) is 5.04. The normalized spacial score (nSPS) is 16.9. The number of hydrogen-bond donors (Lipinski definition) is 1. The van der Waals surface area contributed by atoms with E-state index >= 15 is 0 Å². The van der Waals surface area contributed by atoms with Gasteiger partial charge in [-0.2, -0.15) is 5.10 Å². The summed E-state index contributed by atoms with van der Waals surface area (Å²) in [5.74, 6) is 0.0746. The molecule has 3 rings (SSSR count). The zero-order valence-corrected chi connectivity index (χ0v) is 15.9. The standard InChI is InChI=1S/C21H28N4O2/c1-24-15-18(14-23-24)9-5-11-22-21(27)19-10-6-12-25(16-19)20(26)13-17-7-3-2-4-8-17/h2-4,7-8,14-15,19H,5-6,9-13,16H2,1H3,(H,22,27). The lowest BCUT2D eigenvalue weighted by Crippen LogP contribution is -2.46. The van der Waals surface area contributed by atoms with Gasteiger partial charge < -0.3 is 10.2 Å². The van der Waals surface area contributed by atoms with E-state index in [4.69, 9.17) is 0 Å². The smallest absolute Gasteiger partial charge is 0.227 e. The third kappa shape index (κ3) is 5.67. The number of hydrogen-bond acceptors (Lipinski definition) is 3. The van der Waals surface area contributed by atoms with Gasteiger partial charge >= 0.3 is 0 Å². The van der Waals surface area contributed by atoms with E-state index in [0.717, 1.165) is 37.8 Å². The summed E-state index contributed by atoms with van der Waals surface area (Å²) in [6.45, 7) is 1.93. The number of piperidine rings is 1. The van der Waals surface area contributed by atoms with Crippen molar-refractivity contribution in [3.05, 3.63) is 53.9 Å². The number of nitrogens with zero attached hydrogens (tertiary/aromatic N) is 3. The fourth-order valence-corrected chi connectivity index (χ4v) is 3.55. The summed E-state index contributed by atoms with van der Waals surface area (Å²) >= 11 is 0. The minimum atomic E-state index is -0.100. The maximum atomic E-state index is 12.5. The van der Waals surface area contributed by atoms with Crippen LogP contribution < -0.4 is 5.32 Å². The van der Waals surface area contributed by atoms with Gasteiger partial charge in [0.15, 0.2) is 0 Å². The lowest BCUT2D eigenvalue weighted by molar-refractivity contribution is -0.135. The van der Waals surface area contributed by atoms with E-state index in [1.54, 1.807) is 4.68 Å². The average molecular weight is 368 g/mol. The summed E-state index contributed by atoms with van der Waals surface area (Å²) in [5.41, 5.74) is 2.20. The molecule has 2 aromatic rings. The first-order valence-electron chi connectivity index (χ1n) is 9.69. The van der Waals surface area contributed by atoms with Crippen LogP contribution in [0.4, 0.5) is 0 Å². The molecule has 1 aliphatic heterocycles. The average Bonchev–Trinajstić information content (AvgIpc) is 3.11. The molecule has 27 heavy (non-hydrogen) atoms. The number of aryl methyl sites for hydroxylation is 2. The second-order valence-electron chi connectivity index (χ2n) is 7.26. The number of carbonyl (C=O) groups is 2. The molecule has 2 amide bonds. The molecule has 1 N–H and O–H groups in total. The molecule has 0 aliphatic carbocycles. The zero-order valence-electron chi connectivity index (χ0n) is 15.9. The van der Waals surface area contributed by atoms with Crippen LogP contribution in [0.3, 0.4) is 0 Å². The van der Waals surface area contributed by atoms with Crippen LogP contribution in [0, 0.1) is 5.92 Å². The second kappa shape index (κ2) is 9.35. The molecule has 1 saturated heterocycles. The number of amides is 2. The van der Waals surface area contributed by atoms with E-state index in [1.807, 2.05) is 54.7 Å². The van der Waals surface area contributed by atoms with Crippen LogP contribution >= 0.6 is 0 Å². The van der Waals surface area contributed by atoms with Crippen LogP contribution in [-0.4, -0.2) is 46.1 Å². The number of likely N-dealkylation sites (tertiary alicyclic amines) is 1. The van der Waals surface area contributed by atoms with Crippen molar-refractivity contribution < 1.29 is 9.59 Å². The van der Waals surface area contributed by atoms with E-state index in [2.05, 4.69) is 10.4 Å². The highest BCUT2D eigenvalue weighted by molar-refractivity contribution is 5.82. The quantitative estimate of drug-likeness (QED) is 0.760. The maximum Gasteiger partial charge on any atom is 0.227 e. The highest BCUT2D eigenvalue weighted by atomic mass is 16.2. The first-order valence-corrected chi connectivity index (χ1v) is 9.69. The Labute approximate surface area is 160 Å². The van der Waals surface area contributed by atoms with Gasteiger partial charge in [0.25, 0.3) is 0 Å². The maximum absolute atomic E-state index is 12.5. The fraction of sp³-hybridized carbons (Fsp3) is 0.476. The van der Waals surface area contributed by atoms with E-state index in [9.17, 15) is 9.59 Å². The monoisotopic (exact) mass is 368 g/mol. The number of carbonyl (C=O) groups excluding carboxylic acids is 2. The molecule has 1 aromatic heterocycles. The van der Waals surface area contributed by atoms with Crippen LogP contribution in [0.5, 0.6) is 0 Å². The van der Waals surface area contributed by atoms with Crippen molar-refractivity contribution in [2.24, 2.45) is 13.0 Å². The first-order chi connectivity index (χ1) is 13.1. The van der Waals surface area contributed by atoms with Gasteiger partial charge in [0.05, 0.1) is 18.5 Å². The number of aromatic nitrogens is 2. The molecule has 1 aromatic carbocycles. The van der Waals surface area contributed by atoms with E-state index < -0.39 is 0 Å². The molecule has 0 spiro atoms. The van der Waals surface area contributed by atoms with Gasteiger partial charge in [-0.3, -0.25) is 14.3 Å². The van der Waals surface area contributed by atoms with Crippen LogP contribution in [-0.2, 0) is 29.5 Å². The van der Waals surface area contributed by atoms with Gasteiger partial charge in [0.1, 0.15) is 0 Å². The minimum Gasteiger partial charge on any atom is -0.356 e. The number of nitrogens with one attached hydrogen (secondary N) is 1. The van der Waals surface area contributed by atoms with Crippen molar-refractivity contribution >= 4 is 11.8 Å². The van der Waals surface area contributed by atoms with Crippen molar-refractivity contribution in [2.45, 2.75) is 32.1 Å². The molecule has 1 aliphatic rings. The van der Waals surface area contributed by atoms with Crippen molar-refractivity contribution in [3.63, 3.8) is 0 Å². The van der Waals surface area contributed by atoms with Crippen LogP contribution in [0.1, 0.15) is 30.4 Å². The van der Waals surface area contributed by atoms with E-state index in [1.165, 1.54) is 5.56 Å². The molecule has 0 saturated carbocycles. The Hall–Kier alpha value is -2.63. The molecular weight excluding hydrogens is 340 g/mol. The SMILES string of the molecule is Cn1cc(CCCNC(=O)C2CCCN(C(=O)Cc3ccccc3)C2)cn1. The summed E-state index contributed by atoms with van der Waals surface area (Å²) < 4.78 is 1.79. The lowest BCUT2D eigenvalue weighted by atomic mass is 9.96. The molecule has 144 valence electrons. The fourth-order valence-electron chi connectivity index (χ4n) is 3.55. The zero-order chi connectivity index (χ0) is 19.1. The lowest BCUT2D eigenvalue weighted by Gasteiger charge is -2.32. The molecule has 1 atom stereocenters. The molecule has 6 nitrogen and oxygen atoms in total. The van der Waals surface area contributed by atoms with E-state index in [-0.39, 0.29) is 17.7 Å². The molecule has 0 bridgehead atoms. The van der Waals surface area contributed by atoms with Crippen molar-refractivity contribution in [1.29, 1.82) is 0 Å². The predicted octanol–water partition coefficient (Wildman–Crippen LogP) is 1.95. The Balaban J connectivity index is 1.41. The second-order valence-corrected chi connectivity index (χ2v) is 7.26. The van der Waals surface area contributed by atoms with Crippen molar-refractivity contribution in [2.75, 3.05) is 19.6 Å². The molecule has 1 fully saturated rings. The van der Waals surface area contributed by atoms with Crippen LogP contribution in [0.15, 0.2) is 42.7 Å². The summed E-state index contributed by atoms with van der Waals surface area (Å²) in [4.78, 5) is 26.9. The predicted molar refractivity (Wildman–Crippen MR) is 104 cm³/mol. The highest BCUT2D eigenvalue weighted by Gasteiger charge is 2.28. The first kappa shape index (κ1) is 19.1. The molecule has 0 radical (unpaired) electrons. The summed E-state index contributed by atoms with van der Waals surface area (Å²) in [6.07, 6.45) is 7.79. The summed E-state index contributed by atoms with van der Waals surface area (Å²) in [5, 5.41) is 7.19. The molecule has 1 unspecified atom stereocenters. The largest absolute Gasteiger partial charge is 0.356 e. The summed E-state index contributed by atoms with van der Waals surface area (Å²) in [6, 6.07) is 9.77. The van der Waals surface area contributed by atoms with E-state index in [0.29, 0.717) is 19.5 Å².